The maximum absolute atomic E-state index is 12.7. The van der Waals surface area contributed by atoms with Gasteiger partial charge in [-0.25, -0.2) is 4.79 Å². The number of carbonyl (C=O) groups is 2. The van der Waals surface area contributed by atoms with Crippen molar-refractivity contribution in [2.75, 3.05) is 31.6 Å². The predicted octanol–water partition coefficient (Wildman–Crippen LogP) is 4.18. The summed E-state index contributed by atoms with van der Waals surface area (Å²) < 4.78 is 6.35. The second-order valence-corrected chi connectivity index (χ2v) is 9.11. The molecule has 2 fully saturated rings. The van der Waals surface area contributed by atoms with Gasteiger partial charge in [-0.3, -0.25) is 9.69 Å². The van der Waals surface area contributed by atoms with Crippen LogP contribution >= 0.6 is 15.9 Å². The van der Waals surface area contributed by atoms with Crippen molar-refractivity contribution in [2.45, 2.75) is 25.8 Å². The normalized spacial score (nSPS) is 18.7. The third kappa shape index (κ3) is 4.23. The zero-order valence-electron chi connectivity index (χ0n) is 16.9. The van der Waals surface area contributed by atoms with Crippen molar-refractivity contribution in [3.05, 3.63) is 58.1 Å². The molecule has 0 atom stereocenters. The van der Waals surface area contributed by atoms with E-state index < -0.39 is 5.97 Å². The number of likely N-dealkylation sites (tertiary alicyclic amines) is 1. The van der Waals surface area contributed by atoms with Crippen LogP contribution in [-0.4, -0.2) is 48.6 Å². The molecule has 4 rings (SSSR count). The van der Waals surface area contributed by atoms with Crippen molar-refractivity contribution in [2.24, 2.45) is 5.41 Å². The molecule has 0 aliphatic carbocycles. The Kier molecular flexibility index (Phi) is 5.84. The zero-order valence-corrected chi connectivity index (χ0v) is 18.5. The molecule has 0 radical (unpaired) electrons. The lowest BCUT2D eigenvalue weighted by atomic mass is 9.77. The number of amides is 1. The van der Waals surface area contributed by atoms with E-state index in [0.717, 1.165) is 48.4 Å². The minimum atomic E-state index is -0.957. The molecular weight excluding hydrogens is 448 g/mol. The summed E-state index contributed by atoms with van der Waals surface area (Å²) in [6.45, 7) is 3.49. The Morgan fingerprint density at radius 2 is 1.87 bits per heavy atom. The standard InChI is InChI=1S/C23H25BrN2O4/c1-30-20-12-16(2-7-19(20)24)14-25-10-8-23(9-11-25)13-21(27)26(15-23)18-5-3-17(4-6-18)22(28)29/h2-7,12H,8-11,13-15H2,1H3,(H,28,29). The highest BCUT2D eigenvalue weighted by Crippen LogP contribution is 2.43. The summed E-state index contributed by atoms with van der Waals surface area (Å²) in [5.74, 6) is 0.0117. The highest BCUT2D eigenvalue weighted by molar-refractivity contribution is 9.10. The number of ether oxygens (including phenoxy) is 1. The summed E-state index contributed by atoms with van der Waals surface area (Å²) in [7, 11) is 1.67. The van der Waals surface area contributed by atoms with Crippen LogP contribution in [0.1, 0.15) is 35.2 Å². The van der Waals surface area contributed by atoms with Crippen molar-refractivity contribution in [3.8, 4) is 5.75 Å². The molecule has 2 aromatic carbocycles. The van der Waals surface area contributed by atoms with Gasteiger partial charge < -0.3 is 14.7 Å². The van der Waals surface area contributed by atoms with Crippen molar-refractivity contribution in [1.82, 2.24) is 4.90 Å². The van der Waals surface area contributed by atoms with E-state index in [1.54, 1.807) is 31.4 Å². The molecule has 0 saturated carbocycles. The lowest BCUT2D eigenvalue weighted by molar-refractivity contribution is -0.118. The third-order valence-electron chi connectivity index (χ3n) is 6.29. The Hall–Kier alpha value is -2.38. The molecular formula is C23H25BrN2O4. The molecule has 2 heterocycles. The highest BCUT2D eigenvalue weighted by atomic mass is 79.9. The number of carbonyl (C=O) groups excluding carboxylic acids is 1. The average Bonchev–Trinajstić information content (AvgIpc) is 3.07. The summed E-state index contributed by atoms with van der Waals surface area (Å²) >= 11 is 3.49. The largest absolute Gasteiger partial charge is 0.496 e. The van der Waals surface area contributed by atoms with E-state index in [4.69, 9.17) is 9.84 Å². The first kappa shape index (κ1) is 20.9. The van der Waals surface area contributed by atoms with Crippen LogP contribution < -0.4 is 9.64 Å². The summed E-state index contributed by atoms with van der Waals surface area (Å²) in [5, 5.41) is 9.07. The van der Waals surface area contributed by atoms with Crippen LogP contribution in [0.2, 0.25) is 0 Å². The monoisotopic (exact) mass is 472 g/mol. The third-order valence-corrected chi connectivity index (χ3v) is 6.94. The number of anilines is 1. The Morgan fingerprint density at radius 3 is 2.50 bits per heavy atom. The fraction of sp³-hybridized carbons (Fsp3) is 0.391. The highest BCUT2D eigenvalue weighted by Gasteiger charge is 2.45. The van der Waals surface area contributed by atoms with E-state index in [9.17, 15) is 9.59 Å². The Morgan fingerprint density at radius 1 is 1.17 bits per heavy atom. The fourth-order valence-corrected chi connectivity index (χ4v) is 4.90. The molecule has 1 amide bonds. The smallest absolute Gasteiger partial charge is 0.335 e. The molecule has 2 aromatic rings. The fourth-order valence-electron chi connectivity index (χ4n) is 4.50. The average molecular weight is 473 g/mol. The molecule has 2 aliphatic heterocycles. The number of hydrogen-bond acceptors (Lipinski definition) is 4. The van der Waals surface area contributed by atoms with E-state index in [-0.39, 0.29) is 16.9 Å². The molecule has 0 unspecified atom stereocenters. The van der Waals surface area contributed by atoms with E-state index in [0.29, 0.717) is 13.0 Å². The molecule has 158 valence electrons. The molecule has 0 bridgehead atoms. The molecule has 30 heavy (non-hydrogen) atoms. The van der Waals surface area contributed by atoms with Gasteiger partial charge in [0, 0.05) is 25.2 Å². The number of carboxylic acids is 1. The van der Waals surface area contributed by atoms with Crippen LogP contribution in [-0.2, 0) is 11.3 Å². The van der Waals surface area contributed by atoms with E-state index in [1.165, 1.54) is 5.56 Å². The lowest BCUT2D eigenvalue weighted by Crippen LogP contribution is -2.41. The molecule has 6 nitrogen and oxygen atoms in total. The molecule has 7 heteroatoms. The second kappa shape index (κ2) is 8.40. The van der Waals surface area contributed by atoms with Gasteiger partial charge in [0.15, 0.2) is 0 Å². The van der Waals surface area contributed by atoms with Gasteiger partial charge in [0.2, 0.25) is 5.91 Å². The maximum Gasteiger partial charge on any atom is 0.335 e. The first-order chi connectivity index (χ1) is 14.4. The number of aromatic carboxylic acids is 1. The van der Waals surface area contributed by atoms with E-state index >= 15 is 0 Å². The lowest BCUT2D eigenvalue weighted by Gasteiger charge is -2.38. The van der Waals surface area contributed by atoms with Gasteiger partial charge in [-0.15, -0.1) is 0 Å². The SMILES string of the molecule is COc1cc(CN2CCC3(CC2)CC(=O)N(c2ccc(C(=O)O)cc2)C3)ccc1Br. The van der Waals surface area contributed by atoms with Crippen LogP contribution in [0.4, 0.5) is 5.69 Å². The Bertz CT molecular complexity index is 952. The Balaban J connectivity index is 1.38. The molecule has 1 N–H and O–H groups in total. The molecule has 2 aliphatic rings. The molecule has 0 aromatic heterocycles. The topological polar surface area (TPSA) is 70.1 Å². The van der Waals surface area contributed by atoms with Crippen LogP contribution in [0, 0.1) is 5.41 Å². The van der Waals surface area contributed by atoms with Gasteiger partial charge in [-0.2, -0.15) is 0 Å². The Labute approximate surface area is 184 Å². The van der Waals surface area contributed by atoms with Gasteiger partial charge in [-0.1, -0.05) is 6.07 Å². The zero-order chi connectivity index (χ0) is 21.3. The van der Waals surface area contributed by atoms with Gasteiger partial charge in [-0.05, 0) is 89.2 Å². The quantitative estimate of drug-likeness (QED) is 0.706. The predicted molar refractivity (Wildman–Crippen MR) is 118 cm³/mol. The van der Waals surface area contributed by atoms with Gasteiger partial charge in [0.05, 0.1) is 17.1 Å². The van der Waals surface area contributed by atoms with Gasteiger partial charge in [0.1, 0.15) is 5.75 Å². The minimum absolute atomic E-state index is 0.0104. The van der Waals surface area contributed by atoms with Crippen molar-refractivity contribution < 1.29 is 19.4 Å². The first-order valence-electron chi connectivity index (χ1n) is 10.1. The minimum Gasteiger partial charge on any atom is -0.496 e. The van der Waals surface area contributed by atoms with Gasteiger partial charge >= 0.3 is 5.97 Å². The summed E-state index contributed by atoms with van der Waals surface area (Å²) in [4.78, 5) is 28.0. The van der Waals surface area contributed by atoms with Crippen LogP contribution in [0.3, 0.4) is 0 Å². The van der Waals surface area contributed by atoms with Gasteiger partial charge in [0.25, 0.3) is 0 Å². The number of methoxy groups -OCH3 is 1. The maximum atomic E-state index is 12.7. The second-order valence-electron chi connectivity index (χ2n) is 8.25. The first-order valence-corrected chi connectivity index (χ1v) is 10.9. The molecule has 1 spiro atoms. The van der Waals surface area contributed by atoms with Crippen LogP contribution in [0.15, 0.2) is 46.9 Å². The number of halogens is 1. The number of benzene rings is 2. The number of hydrogen-bond donors (Lipinski definition) is 1. The summed E-state index contributed by atoms with van der Waals surface area (Å²) in [6.07, 6.45) is 2.53. The summed E-state index contributed by atoms with van der Waals surface area (Å²) in [6, 6.07) is 12.8. The number of piperidine rings is 1. The van der Waals surface area contributed by atoms with Crippen molar-refractivity contribution in [3.63, 3.8) is 0 Å². The van der Waals surface area contributed by atoms with Crippen molar-refractivity contribution in [1.29, 1.82) is 0 Å². The van der Waals surface area contributed by atoms with Crippen molar-refractivity contribution >= 4 is 33.5 Å². The van der Waals surface area contributed by atoms with E-state index in [1.807, 2.05) is 11.0 Å². The molecule has 2 saturated heterocycles. The van der Waals surface area contributed by atoms with Crippen LogP contribution in [0.5, 0.6) is 5.75 Å². The summed E-state index contributed by atoms with van der Waals surface area (Å²) in [5.41, 5.74) is 2.24. The number of nitrogens with zero attached hydrogens (tertiary/aromatic N) is 2. The van der Waals surface area contributed by atoms with Crippen LogP contribution in [0.25, 0.3) is 0 Å². The van der Waals surface area contributed by atoms with E-state index in [2.05, 4.69) is 33.0 Å². The number of carboxylic acid groups (broad SMARTS) is 1. The number of rotatable bonds is 5.